The third-order valence-electron chi connectivity index (χ3n) is 3.13. The number of rotatable bonds is 2. The van der Waals surface area contributed by atoms with Crippen LogP contribution in [0.1, 0.15) is 5.37 Å². The lowest BCUT2D eigenvalue weighted by molar-refractivity contribution is 0.0642. The van der Waals surface area contributed by atoms with E-state index in [2.05, 4.69) is 15.0 Å². The first-order valence-corrected chi connectivity index (χ1v) is 6.59. The summed E-state index contributed by atoms with van der Waals surface area (Å²) in [4.78, 5) is 11.9. The quantitative estimate of drug-likeness (QED) is 0.695. The fourth-order valence-electron chi connectivity index (χ4n) is 2.13. The average molecular weight is 285 g/mol. The van der Waals surface area contributed by atoms with Crippen LogP contribution in [0.3, 0.4) is 0 Å². The molecule has 1 aliphatic heterocycles. The molecule has 0 amide bonds. The van der Waals surface area contributed by atoms with Gasteiger partial charge in [0.25, 0.3) is 0 Å². The maximum atomic E-state index is 14.1. The maximum Gasteiger partial charge on any atom is 0.166 e. The molecule has 0 aliphatic carbocycles. The lowest BCUT2D eigenvalue weighted by atomic mass is 10.1. The van der Waals surface area contributed by atoms with Crippen LogP contribution in [0.4, 0.5) is 10.2 Å². The number of aliphatic hydroxyl groups is 2. The standard InChI is InChI=1S/C10H12FN5O2S/c11-5-7(18)4(1-17)19-10(5)16-3-15-6-8(12)13-2-14-9(6)16/h2-5,7,10,17-18H,1H2,(H2,12,13,14)/t4-,5+,7-,10-/m1/s1. The third-order valence-corrected chi connectivity index (χ3v) is 4.68. The first-order chi connectivity index (χ1) is 9.13. The van der Waals surface area contributed by atoms with Crippen LogP contribution < -0.4 is 5.73 Å². The van der Waals surface area contributed by atoms with Crippen molar-refractivity contribution in [3.05, 3.63) is 12.7 Å². The number of halogens is 1. The zero-order valence-electron chi connectivity index (χ0n) is 9.72. The second kappa shape index (κ2) is 4.58. The van der Waals surface area contributed by atoms with E-state index in [4.69, 9.17) is 10.8 Å². The summed E-state index contributed by atoms with van der Waals surface area (Å²) < 4.78 is 15.6. The molecule has 3 rings (SSSR count). The molecule has 0 bridgehead atoms. The molecule has 2 aromatic rings. The van der Waals surface area contributed by atoms with Gasteiger partial charge in [0.05, 0.1) is 18.2 Å². The number of fused-ring (bicyclic) bond motifs is 1. The molecule has 0 aromatic carbocycles. The van der Waals surface area contributed by atoms with E-state index < -0.39 is 22.9 Å². The van der Waals surface area contributed by atoms with E-state index in [1.54, 1.807) is 0 Å². The number of nitrogen functional groups attached to an aromatic ring is 1. The average Bonchev–Trinajstić information content (AvgIpc) is 2.94. The molecule has 1 fully saturated rings. The molecule has 102 valence electrons. The monoisotopic (exact) mass is 285 g/mol. The molecule has 0 spiro atoms. The van der Waals surface area contributed by atoms with Crippen molar-refractivity contribution >= 4 is 28.7 Å². The van der Waals surface area contributed by atoms with E-state index in [-0.39, 0.29) is 12.4 Å². The maximum absolute atomic E-state index is 14.1. The van der Waals surface area contributed by atoms with E-state index in [9.17, 15) is 9.50 Å². The number of hydrogen-bond acceptors (Lipinski definition) is 7. The van der Waals surface area contributed by atoms with Crippen LogP contribution in [0.2, 0.25) is 0 Å². The molecule has 0 unspecified atom stereocenters. The summed E-state index contributed by atoms with van der Waals surface area (Å²) in [6.45, 7) is -0.285. The minimum absolute atomic E-state index is 0.224. The first kappa shape index (κ1) is 12.6. The number of nitrogens with two attached hydrogens (primary N) is 1. The van der Waals surface area contributed by atoms with Crippen molar-refractivity contribution in [2.45, 2.75) is 22.9 Å². The molecule has 7 nitrogen and oxygen atoms in total. The zero-order valence-corrected chi connectivity index (χ0v) is 10.5. The number of nitrogens with zero attached hydrogens (tertiary/aromatic N) is 4. The van der Waals surface area contributed by atoms with Crippen LogP contribution in [-0.2, 0) is 0 Å². The Bertz CT molecular complexity index is 609. The van der Waals surface area contributed by atoms with Crippen LogP contribution in [0.15, 0.2) is 12.7 Å². The van der Waals surface area contributed by atoms with Crippen molar-refractivity contribution < 1.29 is 14.6 Å². The van der Waals surface area contributed by atoms with Gasteiger partial charge in [0.1, 0.15) is 23.3 Å². The highest BCUT2D eigenvalue weighted by atomic mass is 32.2. The highest BCUT2D eigenvalue weighted by Crippen LogP contribution is 2.44. The highest BCUT2D eigenvalue weighted by Gasteiger charge is 2.44. The Morgan fingerprint density at radius 3 is 2.89 bits per heavy atom. The van der Waals surface area contributed by atoms with Crippen LogP contribution in [0.25, 0.3) is 11.2 Å². The summed E-state index contributed by atoms with van der Waals surface area (Å²) in [5.74, 6) is 0.224. The summed E-state index contributed by atoms with van der Waals surface area (Å²) in [7, 11) is 0. The van der Waals surface area contributed by atoms with Gasteiger partial charge in [-0.2, -0.15) is 0 Å². The number of hydrogen-bond donors (Lipinski definition) is 3. The van der Waals surface area contributed by atoms with Gasteiger partial charge in [-0.25, -0.2) is 19.3 Å². The topological polar surface area (TPSA) is 110 Å². The largest absolute Gasteiger partial charge is 0.395 e. The van der Waals surface area contributed by atoms with Gasteiger partial charge < -0.3 is 15.9 Å². The van der Waals surface area contributed by atoms with Gasteiger partial charge in [0.15, 0.2) is 17.6 Å². The highest BCUT2D eigenvalue weighted by molar-refractivity contribution is 8.00. The van der Waals surface area contributed by atoms with E-state index in [1.165, 1.54) is 17.2 Å². The molecule has 0 saturated carbocycles. The number of imidazole rings is 1. The zero-order chi connectivity index (χ0) is 13.6. The second-order valence-corrected chi connectivity index (χ2v) is 5.63. The SMILES string of the molecule is Nc1ncnc2c1ncn2[C@@H]1S[C@H](CO)[C@@H](O)[C@@H]1F. The molecule has 19 heavy (non-hydrogen) atoms. The number of alkyl halides is 1. The van der Waals surface area contributed by atoms with Gasteiger partial charge in [0.2, 0.25) is 0 Å². The molecule has 1 aliphatic rings. The smallest absolute Gasteiger partial charge is 0.166 e. The molecule has 3 heterocycles. The van der Waals surface area contributed by atoms with Crippen molar-refractivity contribution in [3.63, 3.8) is 0 Å². The second-order valence-electron chi connectivity index (χ2n) is 4.27. The lowest BCUT2D eigenvalue weighted by Gasteiger charge is -2.14. The molecule has 9 heteroatoms. The minimum Gasteiger partial charge on any atom is -0.395 e. The summed E-state index contributed by atoms with van der Waals surface area (Å²) in [6, 6.07) is 0. The minimum atomic E-state index is -1.50. The van der Waals surface area contributed by atoms with Crippen molar-refractivity contribution in [2.24, 2.45) is 0 Å². The number of aromatic nitrogens is 4. The Balaban J connectivity index is 2.04. The number of anilines is 1. The molecule has 2 aromatic heterocycles. The van der Waals surface area contributed by atoms with E-state index in [0.29, 0.717) is 11.2 Å². The van der Waals surface area contributed by atoms with Crippen LogP contribution >= 0.6 is 11.8 Å². The van der Waals surface area contributed by atoms with E-state index >= 15 is 0 Å². The molecular formula is C10H12FN5O2S. The van der Waals surface area contributed by atoms with Crippen LogP contribution in [0, 0.1) is 0 Å². The van der Waals surface area contributed by atoms with Crippen molar-refractivity contribution in [1.29, 1.82) is 0 Å². The normalized spacial score (nSPS) is 31.1. The Labute approximate surface area is 111 Å². The summed E-state index contributed by atoms with van der Waals surface area (Å²) in [5.41, 5.74) is 6.48. The van der Waals surface area contributed by atoms with E-state index in [0.717, 1.165) is 11.8 Å². The van der Waals surface area contributed by atoms with Gasteiger partial charge in [-0.3, -0.25) is 4.57 Å². The molecular weight excluding hydrogens is 273 g/mol. The van der Waals surface area contributed by atoms with Crippen molar-refractivity contribution in [2.75, 3.05) is 12.3 Å². The Morgan fingerprint density at radius 2 is 2.21 bits per heavy atom. The van der Waals surface area contributed by atoms with Gasteiger partial charge in [-0.1, -0.05) is 0 Å². The summed E-state index contributed by atoms with van der Waals surface area (Å²) in [6.07, 6.45) is -0.0119. The summed E-state index contributed by atoms with van der Waals surface area (Å²) >= 11 is 1.15. The van der Waals surface area contributed by atoms with Crippen molar-refractivity contribution in [1.82, 2.24) is 19.5 Å². The summed E-state index contributed by atoms with van der Waals surface area (Å²) in [5, 5.41) is 17.6. The molecule has 4 atom stereocenters. The predicted octanol–water partition coefficient (Wildman–Crippen LogP) is -0.286. The fourth-order valence-corrected chi connectivity index (χ4v) is 3.49. The van der Waals surface area contributed by atoms with Gasteiger partial charge in [0, 0.05) is 0 Å². The van der Waals surface area contributed by atoms with Crippen LogP contribution in [-0.4, -0.2) is 53.9 Å². The van der Waals surface area contributed by atoms with Gasteiger partial charge >= 0.3 is 0 Å². The van der Waals surface area contributed by atoms with Crippen LogP contribution in [0.5, 0.6) is 0 Å². The third kappa shape index (κ3) is 1.85. The first-order valence-electron chi connectivity index (χ1n) is 5.65. The Kier molecular flexibility index (Phi) is 3.03. The van der Waals surface area contributed by atoms with Crippen molar-refractivity contribution in [3.8, 4) is 0 Å². The van der Waals surface area contributed by atoms with Gasteiger partial charge in [-0.15, -0.1) is 11.8 Å². The van der Waals surface area contributed by atoms with E-state index in [1.807, 2.05) is 0 Å². The number of thioether (sulfide) groups is 1. The fraction of sp³-hybridized carbons (Fsp3) is 0.500. The number of aliphatic hydroxyl groups excluding tert-OH is 2. The predicted molar refractivity (Wildman–Crippen MR) is 68.1 cm³/mol. The molecule has 1 saturated heterocycles. The van der Waals surface area contributed by atoms with Gasteiger partial charge in [-0.05, 0) is 0 Å². The molecule has 4 N–H and O–H groups in total. The Hall–Kier alpha value is -1.45. The Morgan fingerprint density at radius 1 is 1.42 bits per heavy atom. The molecule has 0 radical (unpaired) electrons. The lowest BCUT2D eigenvalue weighted by Crippen LogP contribution is -2.29.